The van der Waals surface area contributed by atoms with Crippen molar-refractivity contribution in [3.05, 3.63) is 29.3 Å². The van der Waals surface area contributed by atoms with Crippen LogP contribution in [0.5, 0.6) is 0 Å². The molecular weight excluding hydrogens is 216 g/mol. The van der Waals surface area contributed by atoms with Crippen LogP contribution in [0.25, 0.3) is 0 Å². The van der Waals surface area contributed by atoms with Crippen LogP contribution in [0.2, 0.25) is 0 Å². The van der Waals surface area contributed by atoms with Gasteiger partial charge < -0.3 is 15.3 Å². The van der Waals surface area contributed by atoms with Gasteiger partial charge in [0.25, 0.3) is 0 Å². The molecule has 0 unspecified atom stereocenters. The predicted octanol–water partition coefficient (Wildman–Crippen LogP) is 1.24. The summed E-state index contributed by atoms with van der Waals surface area (Å²) in [5.74, 6) is -0.817. The van der Waals surface area contributed by atoms with Gasteiger partial charge in [-0.25, -0.2) is 0 Å². The zero-order valence-electron chi connectivity index (χ0n) is 10.1. The Kier molecular flexibility index (Phi) is 3.64. The summed E-state index contributed by atoms with van der Waals surface area (Å²) in [6, 6.07) is 6.38. The number of aryl methyl sites for hydroxylation is 1. The van der Waals surface area contributed by atoms with Crippen molar-refractivity contribution in [2.45, 2.75) is 19.4 Å². The molecule has 0 atom stereocenters. The summed E-state index contributed by atoms with van der Waals surface area (Å²) < 4.78 is 0. The molecule has 92 valence electrons. The Bertz CT molecular complexity index is 418. The summed E-state index contributed by atoms with van der Waals surface area (Å²) in [5.41, 5.74) is 3.83. The zero-order chi connectivity index (χ0) is 12.3. The lowest BCUT2D eigenvalue weighted by Gasteiger charge is -2.27. The van der Waals surface area contributed by atoms with E-state index in [1.165, 1.54) is 17.7 Å². The maximum absolute atomic E-state index is 10.4. The second kappa shape index (κ2) is 5.19. The maximum Gasteiger partial charge on any atom is 0.317 e. The van der Waals surface area contributed by atoms with Gasteiger partial charge in [-0.2, -0.15) is 0 Å². The highest BCUT2D eigenvalue weighted by Crippen LogP contribution is 2.26. The van der Waals surface area contributed by atoms with Gasteiger partial charge in [0, 0.05) is 25.8 Å². The number of hydrogen-bond donors (Lipinski definition) is 2. The molecule has 1 aromatic carbocycles. The summed E-state index contributed by atoms with van der Waals surface area (Å²) in [6.07, 6.45) is 2.31. The number of hydrogen-bond acceptors (Lipinski definition) is 3. The fourth-order valence-electron chi connectivity index (χ4n) is 2.26. The fraction of sp³-hybridized carbons (Fsp3) is 0.462. The molecule has 0 bridgehead atoms. The normalized spacial score (nSPS) is 14.5. The molecule has 1 aliphatic heterocycles. The number of benzene rings is 1. The number of carboxylic acid groups (broad SMARTS) is 1. The van der Waals surface area contributed by atoms with Crippen molar-refractivity contribution in [1.82, 2.24) is 5.32 Å². The quantitative estimate of drug-likeness (QED) is 0.823. The van der Waals surface area contributed by atoms with Crippen LogP contribution in [-0.4, -0.2) is 31.2 Å². The van der Waals surface area contributed by atoms with Gasteiger partial charge in [0.05, 0.1) is 6.54 Å². The van der Waals surface area contributed by atoms with Gasteiger partial charge in [0.2, 0.25) is 0 Å². The van der Waals surface area contributed by atoms with Crippen molar-refractivity contribution in [3.63, 3.8) is 0 Å². The fourth-order valence-corrected chi connectivity index (χ4v) is 2.26. The van der Waals surface area contributed by atoms with E-state index in [9.17, 15) is 4.79 Å². The third kappa shape index (κ3) is 2.97. The number of fused-ring (bicyclic) bond motifs is 1. The molecule has 0 saturated heterocycles. The molecule has 1 heterocycles. The van der Waals surface area contributed by atoms with E-state index in [4.69, 9.17) is 5.11 Å². The Labute approximate surface area is 101 Å². The van der Waals surface area contributed by atoms with E-state index >= 15 is 0 Å². The van der Waals surface area contributed by atoms with Crippen molar-refractivity contribution in [3.8, 4) is 0 Å². The molecule has 2 rings (SSSR count). The van der Waals surface area contributed by atoms with Crippen LogP contribution in [0.15, 0.2) is 18.2 Å². The number of carboxylic acids is 1. The summed E-state index contributed by atoms with van der Waals surface area (Å²) in [5, 5.41) is 11.5. The van der Waals surface area contributed by atoms with Gasteiger partial charge in [-0.3, -0.25) is 4.79 Å². The number of rotatable bonds is 4. The van der Waals surface area contributed by atoms with Crippen molar-refractivity contribution in [2.75, 3.05) is 25.0 Å². The van der Waals surface area contributed by atoms with Gasteiger partial charge in [-0.05, 0) is 30.0 Å². The second-order valence-electron chi connectivity index (χ2n) is 4.49. The van der Waals surface area contributed by atoms with Gasteiger partial charge in [-0.15, -0.1) is 0 Å². The minimum absolute atomic E-state index is 0.0109. The molecule has 4 nitrogen and oxygen atoms in total. The summed E-state index contributed by atoms with van der Waals surface area (Å²) in [4.78, 5) is 12.7. The van der Waals surface area contributed by atoms with E-state index in [2.05, 4.69) is 35.5 Å². The highest BCUT2D eigenvalue weighted by atomic mass is 16.4. The van der Waals surface area contributed by atoms with E-state index in [0.717, 1.165) is 18.5 Å². The van der Waals surface area contributed by atoms with E-state index in [0.29, 0.717) is 6.54 Å². The first kappa shape index (κ1) is 11.9. The molecule has 0 spiro atoms. The first-order valence-corrected chi connectivity index (χ1v) is 5.92. The van der Waals surface area contributed by atoms with E-state index < -0.39 is 5.97 Å². The summed E-state index contributed by atoms with van der Waals surface area (Å²) in [6.45, 7) is 1.74. The molecule has 1 aromatic rings. The Balaban J connectivity index is 2.03. The first-order chi connectivity index (χ1) is 8.16. The monoisotopic (exact) mass is 234 g/mol. The molecule has 0 radical (unpaired) electrons. The van der Waals surface area contributed by atoms with Crippen molar-refractivity contribution < 1.29 is 9.90 Å². The van der Waals surface area contributed by atoms with E-state index in [-0.39, 0.29) is 6.54 Å². The molecule has 1 aliphatic rings. The van der Waals surface area contributed by atoms with Crippen LogP contribution >= 0.6 is 0 Å². The Morgan fingerprint density at radius 3 is 3.12 bits per heavy atom. The maximum atomic E-state index is 10.4. The smallest absolute Gasteiger partial charge is 0.317 e. The first-order valence-electron chi connectivity index (χ1n) is 5.92. The zero-order valence-corrected chi connectivity index (χ0v) is 10.1. The van der Waals surface area contributed by atoms with Gasteiger partial charge in [0.1, 0.15) is 0 Å². The molecule has 0 aromatic heterocycles. The Morgan fingerprint density at radius 1 is 1.53 bits per heavy atom. The highest BCUT2D eigenvalue weighted by Gasteiger charge is 2.13. The molecule has 0 saturated carbocycles. The lowest BCUT2D eigenvalue weighted by atomic mass is 9.99. The van der Waals surface area contributed by atoms with Gasteiger partial charge in [-0.1, -0.05) is 12.1 Å². The Hall–Kier alpha value is -1.55. The van der Waals surface area contributed by atoms with Crippen LogP contribution in [0, 0.1) is 0 Å². The van der Waals surface area contributed by atoms with E-state index in [1.54, 1.807) is 0 Å². The summed E-state index contributed by atoms with van der Waals surface area (Å²) in [7, 11) is 2.11. The average Bonchev–Trinajstić information content (AvgIpc) is 2.29. The molecule has 4 heteroatoms. The standard InChI is InChI=1S/C13H18N2O2/c1-15-6-2-3-11-7-10(4-5-12(11)15)8-14-9-13(16)17/h4-5,7,14H,2-3,6,8-9H2,1H3,(H,16,17). The van der Waals surface area contributed by atoms with Crippen LogP contribution in [0.1, 0.15) is 17.5 Å². The van der Waals surface area contributed by atoms with E-state index in [1.807, 2.05) is 0 Å². The van der Waals surface area contributed by atoms with Gasteiger partial charge in [0.15, 0.2) is 0 Å². The highest BCUT2D eigenvalue weighted by molar-refractivity contribution is 5.69. The number of nitrogens with zero attached hydrogens (tertiary/aromatic N) is 1. The lowest BCUT2D eigenvalue weighted by molar-refractivity contribution is -0.135. The number of nitrogens with one attached hydrogen (secondary N) is 1. The number of aliphatic carboxylic acids is 1. The van der Waals surface area contributed by atoms with Crippen molar-refractivity contribution in [2.24, 2.45) is 0 Å². The molecule has 0 aliphatic carbocycles. The summed E-state index contributed by atoms with van der Waals surface area (Å²) >= 11 is 0. The molecular formula is C13H18N2O2. The second-order valence-corrected chi connectivity index (χ2v) is 4.49. The minimum atomic E-state index is -0.817. The molecule has 0 amide bonds. The van der Waals surface area contributed by atoms with Crippen LogP contribution in [0.3, 0.4) is 0 Å². The number of carbonyl (C=O) groups is 1. The lowest BCUT2D eigenvalue weighted by Crippen LogP contribution is -2.25. The third-order valence-corrected chi connectivity index (χ3v) is 3.10. The predicted molar refractivity (Wildman–Crippen MR) is 67.4 cm³/mol. The van der Waals surface area contributed by atoms with Crippen LogP contribution in [-0.2, 0) is 17.8 Å². The Morgan fingerprint density at radius 2 is 2.35 bits per heavy atom. The van der Waals surface area contributed by atoms with Crippen LogP contribution in [0.4, 0.5) is 5.69 Å². The third-order valence-electron chi connectivity index (χ3n) is 3.10. The SMILES string of the molecule is CN1CCCc2cc(CNCC(=O)O)ccc21. The average molecular weight is 234 g/mol. The molecule has 0 fully saturated rings. The molecule has 17 heavy (non-hydrogen) atoms. The van der Waals surface area contributed by atoms with Crippen molar-refractivity contribution in [1.29, 1.82) is 0 Å². The topological polar surface area (TPSA) is 52.6 Å². The minimum Gasteiger partial charge on any atom is -0.480 e. The van der Waals surface area contributed by atoms with Crippen molar-refractivity contribution >= 4 is 11.7 Å². The molecule has 2 N–H and O–H groups in total. The largest absolute Gasteiger partial charge is 0.480 e. The van der Waals surface area contributed by atoms with Gasteiger partial charge >= 0.3 is 5.97 Å². The number of anilines is 1. The van der Waals surface area contributed by atoms with Crippen LogP contribution < -0.4 is 10.2 Å².